The minimum absolute atomic E-state index is 0.000244. The van der Waals surface area contributed by atoms with E-state index in [2.05, 4.69) is 30.6 Å². The molecule has 3 aromatic heterocycles. The van der Waals surface area contributed by atoms with Crippen molar-refractivity contribution in [2.24, 2.45) is 5.92 Å². The standard InChI is InChI=1S/C28H24ClFN8O2/c1-40-28(39)34-19-7-4-17(5-8-19)23-14-32-27(35-23)20(12-16-2-3-16)22-10-6-18(13-31-22)25-24(38-15-33-36-37-38)11-9-21(29)26(25)30/h4-11,13-16,20H,2-3,12H2,1H3,(H,32,35)(H,34,39). The van der Waals surface area contributed by atoms with Gasteiger partial charge in [0.1, 0.15) is 12.2 Å². The number of rotatable bonds is 8. The Morgan fingerprint density at radius 1 is 1.18 bits per heavy atom. The maximum atomic E-state index is 15.2. The molecule has 0 radical (unpaired) electrons. The Labute approximate surface area is 233 Å². The normalized spacial score (nSPS) is 13.7. The number of H-pyrrole nitrogens is 1. The van der Waals surface area contributed by atoms with E-state index in [1.807, 2.05) is 30.5 Å². The first-order chi connectivity index (χ1) is 19.5. The number of benzene rings is 2. The Morgan fingerprint density at radius 2 is 1.98 bits per heavy atom. The number of carbonyl (C=O) groups is 1. The second kappa shape index (κ2) is 10.9. The quantitative estimate of drug-likeness (QED) is 0.239. The Kier molecular flexibility index (Phi) is 6.95. The highest BCUT2D eigenvalue weighted by Crippen LogP contribution is 2.41. The van der Waals surface area contributed by atoms with Crippen LogP contribution in [-0.4, -0.2) is 48.4 Å². The topological polar surface area (TPSA) is 124 Å². The number of ether oxygens (including phenoxy) is 1. The largest absolute Gasteiger partial charge is 0.453 e. The predicted molar refractivity (Wildman–Crippen MR) is 147 cm³/mol. The van der Waals surface area contributed by atoms with Crippen LogP contribution >= 0.6 is 11.6 Å². The van der Waals surface area contributed by atoms with Gasteiger partial charge in [-0.25, -0.2) is 14.2 Å². The van der Waals surface area contributed by atoms with E-state index in [-0.39, 0.29) is 16.5 Å². The van der Waals surface area contributed by atoms with E-state index in [1.165, 1.54) is 37.0 Å². The smallest absolute Gasteiger partial charge is 0.411 e. The first-order valence-electron chi connectivity index (χ1n) is 12.7. The number of hydrogen-bond donors (Lipinski definition) is 2. The predicted octanol–water partition coefficient (Wildman–Crippen LogP) is 6.02. The maximum Gasteiger partial charge on any atom is 0.411 e. The van der Waals surface area contributed by atoms with Gasteiger partial charge in [-0.1, -0.05) is 42.6 Å². The number of nitrogens with zero attached hydrogens (tertiary/aromatic N) is 6. The van der Waals surface area contributed by atoms with Crippen LogP contribution in [0, 0.1) is 11.7 Å². The van der Waals surface area contributed by atoms with Gasteiger partial charge >= 0.3 is 6.09 Å². The van der Waals surface area contributed by atoms with E-state index in [0.29, 0.717) is 22.9 Å². The van der Waals surface area contributed by atoms with Crippen molar-refractivity contribution in [2.75, 3.05) is 12.4 Å². The zero-order chi connectivity index (χ0) is 27.6. The molecule has 10 nitrogen and oxygen atoms in total. The SMILES string of the molecule is COC(=O)Nc1ccc(-c2c[nH]c(C(CC3CC3)c3ccc(-c4c(-n5cnnn5)ccc(Cl)c4F)cn3)n2)cc1. The van der Waals surface area contributed by atoms with Gasteiger partial charge in [0.2, 0.25) is 0 Å². The number of hydrogen-bond acceptors (Lipinski definition) is 7. The monoisotopic (exact) mass is 558 g/mol. The maximum absolute atomic E-state index is 15.2. The summed E-state index contributed by atoms with van der Waals surface area (Å²) >= 11 is 6.12. The van der Waals surface area contributed by atoms with E-state index in [9.17, 15) is 4.79 Å². The van der Waals surface area contributed by atoms with Gasteiger partial charge in [-0.2, -0.15) is 4.68 Å². The number of amides is 1. The van der Waals surface area contributed by atoms with Crippen LogP contribution in [0.15, 0.2) is 67.3 Å². The molecule has 1 amide bonds. The lowest BCUT2D eigenvalue weighted by atomic mass is 9.95. The molecular weight excluding hydrogens is 535 g/mol. The number of pyridine rings is 1. The summed E-state index contributed by atoms with van der Waals surface area (Å²) < 4.78 is 21.3. The molecule has 1 atom stereocenters. The van der Waals surface area contributed by atoms with E-state index in [1.54, 1.807) is 24.4 Å². The molecule has 6 rings (SSSR count). The summed E-state index contributed by atoms with van der Waals surface area (Å²) in [4.78, 5) is 24.4. The van der Waals surface area contributed by atoms with Crippen molar-refractivity contribution >= 4 is 23.4 Å². The van der Waals surface area contributed by atoms with Crippen LogP contribution in [0.5, 0.6) is 0 Å². The number of aromatic amines is 1. The van der Waals surface area contributed by atoms with E-state index in [0.717, 1.165) is 29.2 Å². The molecule has 202 valence electrons. The molecule has 5 aromatic rings. The van der Waals surface area contributed by atoms with Gasteiger partial charge in [-0.15, -0.1) is 5.10 Å². The molecule has 0 spiro atoms. The van der Waals surface area contributed by atoms with Crippen LogP contribution in [0.2, 0.25) is 5.02 Å². The molecule has 40 heavy (non-hydrogen) atoms. The first-order valence-corrected chi connectivity index (χ1v) is 13.1. The Morgan fingerprint density at radius 3 is 2.65 bits per heavy atom. The highest BCUT2D eigenvalue weighted by molar-refractivity contribution is 6.31. The highest BCUT2D eigenvalue weighted by Gasteiger charge is 2.30. The summed E-state index contributed by atoms with van der Waals surface area (Å²) in [5, 5.41) is 13.9. The number of anilines is 1. The Bertz CT molecular complexity index is 1630. The lowest BCUT2D eigenvalue weighted by molar-refractivity contribution is 0.187. The van der Waals surface area contributed by atoms with Crippen LogP contribution in [0.3, 0.4) is 0 Å². The molecule has 2 aromatic carbocycles. The number of nitrogens with one attached hydrogen (secondary N) is 2. The fourth-order valence-electron chi connectivity index (χ4n) is 4.65. The summed E-state index contributed by atoms with van der Waals surface area (Å²) in [7, 11) is 1.32. The van der Waals surface area contributed by atoms with Crippen molar-refractivity contribution in [2.45, 2.75) is 25.2 Å². The molecule has 1 saturated carbocycles. The number of tetrazole rings is 1. The van der Waals surface area contributed by atoms with Crippen LogP contribution in [0.4, 0.5) is 14.9 Å². The Hall–Kier alpha value is -4.64. The molecule has 0 saturated heterocycles. The number of aromatic nitrogens is 7. The number of carbonyl (C=O) groups excluding carboxylic acids is 1. The van der Waals surface area contributed by atoms with E-state index in [4.69, 9.17) is 21.6 Å². The zero-order valence-corrected chi connectivity index (χ0v) is 22.1. The Balaban J connectivity index is 1.29. The van der Waals surface area contributed by atoms with Gasteiger partial charge < -0.3 is 9.72 Å². The van der Waals surface area contributed by atoms with Crippen LogP contribution in [0.1, 0.15) is 36.7 Å². The fraction of sp³-hybridized carbons (Fsp3) is 0.214. The first kappa shape index (κ1) is 25.6. The second-order valence-corrected chi connectivity index (χ2v) is 9.99. The molecule has 3 heterocycles. The third kappa shape index (κ3) is 5.28. The van der Waals surface area contributed by atoms with Crippen LogP contribution < -0.4 is 5.32 Å². The zero-order valence-electron chi connectivity index (χ0n) is 21.4. The van der Waals surface area contributed by atoms with Crippen molar-refractivity contribution in [3.8, 4) is 28.1 Å². The van der Waals surface area contributed by atoms with Gasteiger partial charge in [-0.05, 0) is 53.1 Å². The molecule has 2 N–H and O–H groups in total. The molecule has 0 aliphatic heterocycles. The summed E-state index contributed by atoms with van der Waals surface area (Å²) in [6.07, 6.45) is 7.65. The molecule has 1 fully saturated rings. The van der Waals surface area contributed by atoms with Gasteiger partial charge in [0.05, 0.1) is 35.1 Å². The van der Waals surface area contributed by atoms with Crippen LogP contribution in [0.25, 0.3) is 28.1 Å². The van der Waals surface area contributed by atoms with Gasteiger partial charge in [0, 0.05) is 34.8 Å². The summed E-state index contributed by atoms with van der Waals surface area (Å²) in [6, 6.07) is 14.2. The minimum atomic E-state index is -0.567. The van der Waals surface area contributed by atoms with E-state index >= 15 is 4.39 Å². The van der Waals surface area contributed by atoms with Crippen molar-refractivity contribution in [3.05, 3.63) is 89.6 Å². The second-order valence-electron chi connectivity index (χ2n) is 9.58. The number of halogens is 2. The van der Waals surface area contributed by atoms with Crippen molar-refractivity contribution in [1.29, 1.82) is 0 Å². The van der Waals surface area contributed by atoms with Crippen molar-refractivity contribution in [1.82, 2.24) is 35.2 Å². The van der Waals surface area contributed by atoms with Crippen LogP contribution in [-0.2, 0) is 4.74 Å². The average Bonchev–Trinajstić information content (AvgIpc) is 3.41. The van der Waals surface area contributed by atoms with Crippen molar-refractivity contribution in [3.63, 3.8) is 0 Å². The number of imidazole rings is 1. The molecule has 1 aliphatic rings. The summed E-state index contributed by atoms with van der Waals surface area (Å²) in [6.45, 7) is 0. The average molecular weight is 559 g/mol. The summed E-state index contributed by atoms with van der Waals surface area (Å²) in [5.41, 5.74) is 4.42. The lowest BCUT2D eigenvalue weighted by Crippen LogP contribution is -2.10. The fourth-order valence-corrected chi connectivity index (χ4v) is 4.81. The molecule has 12 heteroatoms. The third-order valence-electron chi connectivity index (χ3n) is 6.91. The third-order valence-corrected chi connectivity index (χ3v) is 7.20. The summed E-state index contributed by atoms with van der Waals surface area (Å²) in [5.74, 6) is 0.795. The number of methoxy groups -OCH3 is 1. The van der Waals surface area contributed by atoms with Gasteiger partial charge in [-0.3, -0.25) is 10.3 Å². The van der Waals surface area contributed by atoms with Gasteiger partial charge in [0.25, 0.3) is 0 Å². The minimum Gasteiger partial charge on any atom is -0.453 e. The molecule has 1 aliphatic carbocycles. The highest BCUT2D eigenvalue weighted by atomic mass is 35.5. The molecule has 0 bridgehead atoms. The van der Waals surface area contributed by atoms with E-state index < -0.39 is 11.9 Å². The lowest BCUT2D eigenvalue weighted by Gasteiger charge is -2.16. The molecular formula is C28H24ClFN8O2. The van der Waals surface area contributed by atoms with Crippen molar-refractivity contribution < 1.29 is 13.9 Å². The van der Waals surface area contributed by atoms with Gasteiger partial charge in [0.15, 0.2) is 5.82 Å². The molecule has 1 unspecified atom stereocenters.